The molecule has 1 unspecified atom stereocenters. The lowest BCUT2D eigenvalue weighted by Gasteiger charge is -2.36. The average molecular weight is 475 g/mol. The Morgan fingerprint density at radius 2 is 1.85 bits per heavy atom. The molecule has 1 saturated heterocycles. The highest BCUT2D eigenvalue weighted by Crippen LogP contribution is 2.45. The summed E-state index contributed by atoms with van der Waals surface area (Å²) in [7, 11) is 4.73. The molecule has 0 spiro atoms. The van der Waals surface area contributed by atoms with E-state index >= 15 is 0 Å². The van der Waals surface area contributed by atoms with Crippen LogP contribution in [0.15, 0.2) is 36.4 Å². The number of carbonyl (C=O) groups is 2. The van der Waals surface area contributed by atoms with Crippen molar-refractivity contribution in [2.45, 2.75) is 25.1 Å². The van der Waals surface area contributed by atoms with Gasteiger partial charge in [0.25, 0.3) is 0 Å². The van der Waals surface area contributed by atoms with E-state index in [1.54, 1.807) is 45.2 Å². The van der Waals surface area contributed by atoms with Crippen molar-refractivity contribution in [2.24, 2.45) is 0 Å². The Morgan fingerprint density at radius 1 is 1.12 bits per heavy atom. The number of anilines is 1. The van der Waals surface area contributed by atoms with Gasteiger partial charge in [0.05, 0.1) is 27.9 Å². The summed E-state index contributed by atoms with van der Waals surface area (Å²) in [6.45, 7) is 2.46. The molecule has 33 heavy (non-hydrogen) atoms. The lowest BCUT2D eigenvalue weighted by molar-refractivity contribution is -0.132. The molecule has 0 bridgehead atoms. The number of carbonyl (C=O) groups excluding carboxylic acids is 2. The van der Waals surface area contributed by atoms with Gasteiger partial charge in [-0.05, 0) is 36.2 Å². The van der Waals surface area contributed by atoms with Crippen LogP contribution in [0.3, 0.4) is 0 Å². The predicted octanol–water partition coefficient (Wildman–Crippen LogP) is 4.10. The Kier molecular flexibility index (Phi) is 8.71. The molecule has 9 heteroatoms. The number of rotatable bonds is 10. The van der Waals surface area contributed by atoms with Gasteiger partial charge in [0.15, 0.2) is 11.5 Å². The molecule has 2 amide bonds. The van der Waals surface area contributed by atoms with Crippen LogP contribution in [0.1, 0.15) is 30.7 Å². The number of benzene rings is 2. The molecule has 0 saturated carbocycles. The van der Waals surface area contributed by atoms with Crippen LogP contribution >= 0.6 is 11.8 Å². The Morgan fingerprint density at radius 3 is 2.48 bits per heavy atom. The van der Waals surface area contributed by atoms with E-state index in [9.17, 15) is 9.59 Å². The van der Waals surface area contributed by atoms with E-state index in [1.807, 2.05) is 29.2 Å². The highest BCUT2D eigenvalue weighted by molar-refractivity contribution is 7.99. The highest BCUT2D eigenvalue weighted by Gasteiger charge is 2.31. The molecule has 1 heterocycles. The van der Waals surface area contributed by atoms with Crippen LogP contribution in [0, 0.1) is 0 Å². The number of nitrogens with one attached hydrogen (secondary N) is 1. The zero-order chi connectivity index (χ0) is 23.8. The molecule has 1 atom stereocenters. The van der Waals surface area contributed by atoms with E-state index in [1.165, 1.54) is 6.92 Å². The van der Waals surface area contributed by atoms with Crippen molar-refractivity contribution in [2.75, 3.05) is 45.6 Å². The molecule has 1 fully saturated rings. The van der Waals surface area contributed by atoms with Crippen molar-refractivity contribution in [3.63, 3.8) is 0 Å². The highest BCUT2D eigenvalue weighted by atomic mass is 32.2. The number of hydrogen-bond acceptors (Lipinski definition) is 7. The van der Waals surface area contributed by atoms with Gasteiger partial charge in [-0.1, -0.05) is 6.07 Å². The summed E-state index contributed by atoms with van der Waals surface area (Å²) in [6.07, 6.45) is 1.17. The second-order valence-electron chi connectivity index (χ2n) is 7.43. The maximum Gasteiger partial charge on any atom is 0.224 e. The molecule has 0 aliphatic carbocycles. The number of amides is 2. The standard InChI is InChI=1S/C24H30N2O6S/c1-16(27)25-18-7-5-8-19(15-18)32-11-6-10-26-22(28)9-12-33-24(26)17-13-20(29-2)23(31-4)21(14-17)30-3/h5,7-8,13-15,24H,6,9-12H2,1-4H3,(H,25,27). The molecule has 2 aromatic carbocycles. The molecule has 0 aromatic heterocycles. The molecule has 1 aliphatic rings. The van der Waals surface area contributed by atoms with E-state index in [4.69, 9.17) is 18.9 Å². The van der Waals surface area contributed by atoms with Crippen molar-refractivity contribution in [3.8, 4) is 23.0 Å². The van der Waals surface area contributed by atoms with E-state index in [0.717, 1.165) is 11.3 Å². The first-order chi connectivity index (χ1) is 16.0. The van der Waals surface area contributed by atoms with Gasteiger partial charge < -0.3 is 29.2 Å². The first-order valence-electron chi connectivity index (χ1n) is 10.7. The minimum Gasteiger partial charge on any atom is -0.493 e. The quantitative estimate of drug-likeness (QED) is 0.519. The molecule has 1 aliphatic heterocycles. The van der Waals surface area contributed by atoms with E-state index < -0.39 is 0 Å². The Labute approximate surface area is 198 Å². The summed E-state index contributed by atoms with van der Waals surface area (Å²) in [5, 5.41) is 2.59. The van der Waals surface area contributed by atoms with Crippen molar-refractivity contribution < 1.29 is 28.5 Å². The topological polar surface area (TPSA) is 86.3 Å². The van der Waals surface area contributed by atoms with Gasteiger partial charge in [0.1, 0.15) is 11.1 Å². The van der Waals surface area contributed by atoms with E-state index in [0.29, 0.717) is 54.7 Å². The van der Waals surface area contributed by atoms with Gasteiger partial charge in [-0.3, -0.25) is 9.59 Å². The fourth-order valence-electron chi connectivity index (χ4n) is 3.68. The Hall–Kier alpha value is -3.07. The fourth-order valence-corrected chi connectivity index (χ4v) is 4.92. The summed E-state index contributed by atoms with van der Waals surface area (Å²) in [5.41, 5.74) is 1.61. The normalized spacial score (nSPS) is 15.7. The summed E-state index contributed by atoms with van der Waals surface area (Å²) in [5.74, 6) is 3.05. The first kappa shape index (κ1) is 24.6. The largest absolute Gasteiger partial charge is 0.493 e. The van der Waals surface area contributed by atoms with Crippen molar-refractivity contribution in [3.05, 3.63) is 42.0 Å². The van der Waals surface area contributed by atoms with Crippen molar-refractivity contribution in [1.29, 1.82) is 0 Å². The summed E-state index contributed by atoms with van der Waals surface area (Å²) in [6, 6.07) is 11.0. The second-order valence-corrected chi connectivity index (χ2v) is 8.62. The third-order valence-electron chi connectivity index (χ3n) is 5.13. The Bertz CT molecular complexity index is 958. The lowest BCUT2D eigenvalue weighted by atomic mass is 10.1. The van der Waals surface area contributed by atoms with Crippen molar-refractivity contribution >= 4 is 29.3 Å². The number of hydrogen-bond donors (Lipinski definition) is 1. The van der Waals surface area contributed by atoms with Gasteiger partial charge >= 0.3 is 0 Å². The number of methoxy groups -OCH3 is 3. The molecular formula is C24H30N2O6S. The second kappa shape index (κ2) is 11.7. The van der Waals surface area contributed by atoms with Gasteiger partial charge in [-0.25, -0.2) is 0 Å². The van der Waals surface area contributed by atoms with Gasteiger partial charge in [0, 0.05) is 37.4 Å². The molecule has 3 rings (SSSR count). The van der Waals surface area contributed by atoms with Gasteiger partial charge in [0.2, 0.25) is 17.6 Å². The van der Waals surface area contributed by atoms with Crippen LogP contribution in [0.2, 0.25) is 0 Å². The zero-order valence-corrected chi connectivity index (χ0v) is 20.2. The molecule has 2 aromatic rings. The molecule has 8 nitrogen and oxygen atoms in total. The molecular weight excluding hydrogens is 444 g/mol. The van der Waals surface area contributed by atoms with Crippen LogP contribution in [0.4, 0.5) is 5.69 Å². The zero-order valence-electron chi connectivity index (χ0n) is 19.4. The minimum absolute atomic E-state index is 0.111. The number of nitrogens with zero attached hydrogens (tertiary/aromatic N) is 1. The van der Waals surface area contributed by atoms with Gasteiger partial charge in [-0.2, -0.15) is 0 Å². The smallest absolute Gasteiger partial charge is 0.224 e. The van der Waals surface area contributed by atoms with Gasteiger partial charge in [-0.15, -0.1) is 11.8 Å². The third kappa shape index (κ3) is 6.25. The summed E-state index contributed by atoms with van der Waals surface area (Å²) < 4.78 is 22.2. The lowest BCUT2D eigenvalue weighted by Crippen LogP contribution is -2.38. The fraction of sp³-hybridized carbons (Fsp3) is 0.417. The number of ether oxygens (including phenoxy) is 4. The molecule has 178 valence electrons. The van der Waals surface area contributed by atoms with E-state index in [-0.39, 0.29) is 17.2 Å². The average Bonchev–Trinajstić information content (AvgIpc) is 2.81. The van der Waals surface area contributed by atoms with Crippen molar-refractivity contribution in [1.82, 2.24) is 4.90 Å². The first-order valence-corrected chi connectivity index (χ1v) is 11.7. The third-order valence-corrected chi connectivity index (χ3v) is 6.42. The maximum atomic E-state index is 12.8. The number of thioether (sulfide) groups is 1. The molecule has 0 radical (unpaired) electrons. The van der Waals surface area contributed by atoms with Crippen LogP contribution in [0.5, 0.6) is 23.0 Å². The van der Waals surface area contributed by atoms with Crippen LogP contribution in [0.25, 0.3) is 0 Å². The SMILES string of the molecule is COc1cc(C2SCCC(=O)N2CCCOc2cccc(NC(C)=O)c2)cc(OC)c1OC. The minimum atomic E-state index is -0.150. The maximum absolute atomic E-state index is 12.8. The Balaban J connectivity index is 1.68. The van der Waals surface area contributed by atoms with Crippen LogP contribution < -0.4 is 24.3 Å². The van der Waals surface area contributed by atoms with E-state index in [2.05, 4.69) is 5.32 Å². The summed E-state index contributed by atoms with van der Waals surface area (Å²) in [4.78, 5) is 25.9. The van der Waals surface area contributed by atoms with Crippen LogP contribution in [-0.4, -0.2) is 56.9 Å². The summed E-state index contributed by atoms with van der Waals surface area (Å²) >= 11 is 1.71. The van der Waals surface area contributed by atoms with Crippen LogP contribution in [-0.2, 0) is 9.59 Å². The molecule has 1 N–H and O–H groups in total. The predicted molar refractivity (Wildman–Crippen MR) is 128 cm³/mol. The monoisotopic (exact) mass is 474 g/mol.